The molecule has 5 rings (SSSR count). The molecule has 0 saturated carbocycles. The van der Waals surface area contributed by atoms with Crippen LogP contribution >= 0.6 is 11.6 Å². The van der Waals surface area contributed by atoms with Crippen LogP contribution in [0.4, 0.5) is 13.2 Å². The summed E-state index contributed by atoms with van der Waals surface area (Å²) in [5.74, 6) is 0. The number of halogens is 4. The highest BCUT2D eigenvalue weighted by atomic mass is 35.5. The molecule has 186 valence electrons. The summed E-state index contributed by atoms with van der Waals surface area (Å²) in [5.41, 5.74) is 1.76. The van der Waals surface area contributed by atoms with Crippen molar-refractivity contribution in [1.29, 1.82) is 0 Å². The monoisotopic (exact) mass is 539 g/mol. The second-order valence-corrected chi connectivity index (χ2v) is 10.1. The van der Waals surface area contributed by atoms with Crippen molar-refractivity contribution < 1.29 is 21.6 Å². The lowest BCUT2D eigenvalue weighted by Gasteiger charge is -2.14. The predicted octanol–water partition coefficient (Wildman–Crippen LogP) is 6.63. The van der Waals surface area contributed by atoms with Crippen molar-refractivity contribution in [3.63, 3.8) is 0 Å². The number of hydrogen-bond acceptors (Lipinski definition) is 3. The highest BCUT2D eigenvalue weighted by Crippen LogP contribution is 2.31. The van der Waals surface area contributed by atoms with Gasteiger partial charge in [0.05, 0.1) is 21.7 Å². The van der Waals surface area contributed by atoms with Crippen LogP contribution < -0.4 is 5.49 Å². The van der Waals surface area contributed by atoms with Gasteiger partial charge in [-0.1, -0.05) is 60.1 Å². The summed E-state index contributed by atoms with van der Waals surface area (Å²) in [4.78, 5) is 4.43. The second kappa shape index (κ2) is 9.49. The van der Waals surface area contributed by atoms with Gasteiger partial charge < -0.3 is 0 Å². The minimum Gasteiger partial charge on any atom is -0.285 e. The Bertz CT molecular complexity index is 1770. The summed E-state index contributed by atoms with van der Waals surface area (Å²) >= 11 is 6.08. The van der Waals surface area contributed by atoms with Crippen LogP contribution in [0.1, 0.15) is 5.56 Å². The van der Waals surface area contributed by atoms with Crippen LogP contribution in [0.25, 0.3) is 28.0 Å². The van der Waals surface area contributed by atoms with Gasteiger partial charge in [-0.3, -0.25) is 4.40 Å². The zero-order chi connectivity index (χ0) is 26.2. The summed E-state index contributed by atoms with van der Waals surface area (Å²) in [5, 5.41) is 0.523. The van der Waals surface area contributed by atoms with E-state index in [-0.39, 0.29) is 10.4 Å². The van der Waals surface area contributed by atoms with Crippen LogP contribution in [0.2, 0.25) is 5.02 Å². The van der Waals surface area contributed by atoms with Crippen LogP contribution in [0, 0.1) is 0 Å². The minimum absolute atomic E-state index is 0.0571. The Morgan fingerprint density at radius 2 is 1.43 bits per heavy atom. The second-order valence-electron chi connectivity index (χ2n) is 8.05. The topological polar surface area (TPSA) is 63.8 Å². The number of fused-ring (bicyclic) bond motifs is 1. The van der Waals surface area contributed by atoms with Crippen LogP contribution in [0.15, 0.2) is 113 Å². The number of aromatic nitrogens is 2. The summed E-state index contributed by atoms with van der Waals surface area (Å²) in [6, 6.07) is 24.4. The standard InChI is InChI=1S/C27H17ClF3N3O2S/c28-21-13-9-19(10-14-21)25-24(18-6-2-1-3-7-18)26(34-17-5-4-8-23(34)32-25)33-37(35,36)22-15-11-20(12-16-22)27(29,30)31/h1-17H/b33-26-. The van der Waals surface area contributed by atoms with Crippen LogP contribution in [0.3, 0.4) is 0 Å². The quantitative estimate of drug-likeness (QED) is 0.257. The maximum absolute atomic E-state index is 13.4. The number of pyridine rings is 1. The predicted molar refractivity (Wildman–Crippen MR) is 135 cm³/mol. The van der Waals surface area contributed by atoms with E-state index < -0.39 is 21.8 Å². The van der Waals surface area contributed by atoms with Gasteiger partial charge in [0.25, 0.3) is 10.0 Å². The minimum atomic E-state index is -4.59. The molecule has 0 aliphatic carbocycles. The highest BCUT2D eigenvalue weighted by molar-refractivity contribution is 7.90. The van der Waals surface area contributed by atoms with E-state index in [4.69, 9.17) is 16.6 Å². The number of sulfonamides is 1. The van der Waals surface area contributed by atoms with Crippen molar-refractivity contribution in [1.82, 2.24) is 9.38 Å². The van der Waals surface area contributed by atoms with E-state index in [9.17, 15) is 21.6 Å². The summed E-state index contributed by atoms with van der Waals surface area (Å²) in [6.07, 6.45) is -2.97. The Morgan fingerprint density at radius 1 is 0.784 bits per heavy atom. The number of alkyl halides is 3. The molecular weight excluding hydrogens is 523 g/mol. The molecule has 0 N–H and O–H groups in total. The lowest BCUT2D eigenvalue weighted by Crippen LogP contribution is -2.22. The third-order valence-electron chi connectivity index (χ3n) is 5.62. The number of benzene rings is 3. The number of rotatable bonds is 4. The fraction of sp³-hybridized carbons (Fsp3) is 0.0370. The molecule has 3 aromatic carbocycles. The van der Waals surface area contributed by atoms with E-state index in [1.807, 2.05) is 6.07 Å². The molecule has 0 bridgehead atoms. The largest absolute Gasteiger partial charge is 0.416 e. The van der Waals surface area contributed by atoms with Crippen molar-refractivity contribution in [2.45, 2.75) is 11.1 Å². The molecule has 5 nitrogen and oxygen atoms in total. The summed E-state index contributed by atoms with van der Waals surface area (Å²) < 4.78 is 71.5. The first-order valence-electron chi connectivity index (χ1n) is 10.9. The van der Waals surface area contributed by atoms with Gasteiger partial charge in [-0.05, 0) is 54.1 Å². The molecule has 0 amide bonds. The van der Waals surface area contributed by atoms with Crippen molar-refractivity contribution in [3.8, 4) is 22.4 Å². The molecular formula is C27H17ClF3N3O2S. The van der Waals surface area contributed by atoms with Crippen LogP contribution in [0.5, 0.6) is 0 Å². The molecule has 2 heterocycles. The van der Waals surface area contributed by atoms with E-state index in [2.05, 4.69) is 4.40 Å². The van der Waals surface area contributed by atoms with Crippen LogP contribution in [-0.4, -0.2) is 17.8 Å². The van der Waals surface area contributed by atoms with Gasteiger partial charge in [-0.2, -0.15) is 21.6 Å². The fourth-order valence-electron chi connectivity index (χ4n) is 3.86. The fourth-order valence-corrected chi connectivity index (χ4v) is 4.98. The summed E-state index contributed by atoms with van der Waals surface area (Å²) in [6.45, 7) is 0. The van der Waals surface area contributed by atoms with Gasteiger partial charge in [0.15, 0.2) is 5.49 Å². The maximum atomic E-state index is 13.4. The Labute approximate surface area is 215 Å². The SMILES string of the molecule is O=S(=O)(/N=c1/c(-c2ccccc2)c(-c2ccc(Cl)cc2)nc2ccccn12)c1ccc(C(F)(F)F)cc1. The third kappa shape index (κ3) is 5.00. The Balaban J connectivity index is 1.85. The molecule has 10 heteroatoms. The molecule has 0 aliphatic rings. The lowest BCUT2D eigenvalue weighted by molar-refractivity contribution is -0.137. The molecule has 0 radical (unpaired) electrons. The van der Waals surface area contributed by atoms with E-state index in [1.165, 1.54) is 4.40 Å². The van der Waals surface area contributed by atoms with Gasteiger partial charge in [0.1, 0.15) is 5.65 Å². The van der Waals surface area contributed by atoms with E-state index in [0.29, 0.717) is 33.1 Å². The first kappa shape index (κ1) is 24.7. The molecule has 5 aromatic rings. The highest BCUT2D eigenvalue weighted by Gasteiger charge is 2.30. The molecule has 0 fully saturated rings. The van der Waals surface area contributed by atoms with Gasteiger partial charge in [-0.15, -0.1) is 4.40 Å². The molecule has 0 atom stereocenters. The molecule has 37 heavy (non-hydrogen) atoms. The van der Waals surface area contributed by atoms with Crippen molar-refractivity contribution in [3.05, 3.63) is 119 Å². The Morgan fingerprint density at radius 3 is 2.08 bits per heavy atom. The smallest absolute Gasteiger partial charge is 0.285 e. The lowest BCUT2D eigenvalue weighted by atomic mass is 10.00. The summed E-state index contributed by atoms with van der Waals surface area (Å²) in [7, 11) is -4.42. The van der Waals surface area contributed by atoms with Gasteiger partial charge >= 0.3 is 6.18 Å². The normalized spacial score (nSPS) is 12.7. The molecule has 0 saturated heterocycles. The van der Waals surface area contributed by atoms with Crippen molar-refractivity contribution in [2.75, 3.05) is 0 Å². The van der Waals surface area contributed by atoms with Gasteiger partial charge in [0, 0.05) is 16.8 Å². The van der Waals surface area contributed by atoms with E-state index in [0.717, 1.165) is 24.3 Å². The maximum Gasteiger partial charge on any atom is 0.416 e. The van der Waals surface area contributed by atoms with Crippen molar-refractivity contribution in [2.24, 2.45) is 4.40 Å². The average molecular weight is 540 g/mol. The number of nitrogens with zero attached hydrogens (tertiary/aromatic N) is 3. The molecule has 2 aromatic heterocycles. The van der Waals surface area contributed by atoms with Gasteiger partial charge in [-0.25, -0.2) is 4.98 Å². The van der Waals surface area contributed by atoms with Crippen molar-refractivity contribution >= 4 is 27.3 Å². The number of hydrogen-bond donors (Lipinski definition) is 0. The third-order valence-corrected chi connectivity index (χ3v) is 7.15. The molecule has 0 spiro atoms. The van der Waals surface area contributed by atoms with E-state index >= 15 is 0 Å². The Kier molecular flexibility index (Phi) is 6.35. The zero-order valence-corrected chi connectivity index (χ0v) is 20.5. The molecule has 0 aliphatic heterocycles. The average Bonchev–Trinajstić information content (AvgIpc) is 2.89. The van der Waals surface area contributed by atoms with Crippen LogP contribution in [-0.2, 0) is 16.2 Å². The first-order chi connectivity index (χ1) is 17.6. The molecule has 0 unspecified atom stereocenters. The Hall–Kier alpha value is -3.95. The first-order valence-corrected chi connectivity index (χ1v) is 12.8. The van der Waals surface area contributed by atoms with E-state index in [1.54, 1.807) is 72.9 Å². The van der Waals surface area contributed by atoms with Gasteiger partial charge in [0.2, 0.25) is 0 Å². The zero-order valence-electron chi connectivity index (χ0n) is 18.9.